The van der Waals surface area contributed by atoms with E-state index in [0.29, 0.717) is 0 Å². The lowest BCUT2D eigenvalue weighted by atomic mass is 9.82. The van der Waals surface area contributed by atoms with Gasteiger partial charge in [0.25, 0.3) is 5.91 Å². The van der Waals surface area contributed by atoms with Gasteiger partial charge in [-0.05, 0) is 68.6 Å². The van der Waals surface area contributed by atoms with Crippen LogP contribution in [0.4, 0.5) is 0 Å². The van der Waals surface area contributed by atoms with Gasteiger partial charge in [-0.1, -0.05) is 32.9 Å². The first-order chi connectivity index (χ1) is 10.7. The summed E-state index contributed by atoms with van der Waals surface area (Å²) < 4.78 is 5.83. The number of amides is 1. The third kappa shape index (κ3) is 5.56. The molecule has 0 unspecified atom stereocenters. The second-order valence-electron chi connectivity index (χ2n) is 8.56. The van der Waals surface area contributed by atoms with Crippen molar-refractivity contribution in [2.24, 2.45) is 5.41 Å². The Bertz CT molecular complexity index is 555. The van der Waals surface area contributed by atoms with Crippen molar-refractivity contribution in [3.63, 3.8) is 0 Å². The number of hydrogen-bond donors (Lipinski definition) is 1. The normalized spacial score (nSPS) is 15.0. The van der Waals surface area contributed by atoms with Crippen LogP contribution in [0.5, 0.6) is 5.75 Å². The van der Waals surface area contributed by atoms with E-state index in [-0.39, 0.29) is 23.5 Å². The molecule has 0 heterocycles. The molecule has 3 nitrogen and oxygen atoms in total. The monoisotopic (exact) mass is 317 g/mol. The number of carbonyl (C=O) groups excluding carboxylic acids is 1. The molecule has 2 rings (SSSR count). The summed E-state index contributed by atoms with van der Waals surface area (Å²) in [5, 5.41) is 3.10. The zero-order chi connectivity index (χ0) is 17.1. The van der Waals surface area contributed by atoms with Crippen LogP contribution < -0.4 is 10.1 Å². The molecule has 1 N–H and O–H groups in total. The highest BCUT2D eigenvalue weighted by molar-refractivity contribution is 5.78. The molecule has 0 saturated carbocycles. The van der Waals surface area contributed by atoms with Gasteiger partial charge in [0.2, 0.25) is 0 Å². The average molecular weight is 317 g/mol. The molecule has 1 aromatic carbocycles. The third-order valence-corrected chi connectivity index (χ3v) is 4.16. The van der Waals surface area contributed by atoms with E-state index in [9.17, 15) is 4.79 Å². The first-order valence-corrected chi connectivity index (χ1v) is 8.71. The van der Waals surface area contributed by atoms with Crippen LogP contribution >= 0.6 is 0 Å². The number of hydrogen-bond acceptors (Lipinski definition) is 2. The highest BCUT2D eigenvalue weighted by Crippen LogP contribution is 2.30. The van der Waals surface area contributed by atoms with E-state index in [1.807, 2.05) is 12.1 Å². The van der Waals surface area contributed by atoms with Crippen LogP contribution in [0.2, 0.25) is 0 Å². The number of carbonyl (C=O) groups is 1. The number of benzene rings is 1. The molecule has 0 fully saturated rings. The standard InChI is InChI=1S/C20H31NO2/c1-19(2,3)14-20(4,5)21-18(22)13-23-17-12-8-10-15-9-6-7-11-16(15)17/h8,10,12H,6-7,9,11,13-14H2,1-5H3,(H,21,22). The SMILES string of the molecule is CC(C)(C)CC(C)(C)NC(=O)COc1cccc2c1CCCC2. The molecule has 23 heavy (non-hydrogen) atoms. The maximum atomic E-state index is 12.2. The fourth-order valence-corrected chi connectivity index (χ4v) is 3.81. The Kier molecular flexibility index (Phi) is 5.38. The Balaban J connectivity index is 1.92. The number of ether oxygens (including phenoxy) is 1. The fourth-order valence-electron chi connectivity index (χ4n) is 3.81. The summed E-state index contributed by atoms with van der Waals surface area (Å²) in [4.78, 5) is 12.2. The van der Waals surface area contributed by atoms with Gasteiger partial charge in [-0.15, -0.1) is 0 Å². The van der Waals surface area contributed by atoms with Gasteiger partial charge in [0.1, 0.15) is 5.75 Å². The Labute approximate surface area is 140 Å². The molecule has 1 aliphatic carbocycles. The zero-order valence-corrected chi connectivity index (χ0v) is 15.3. The summed E-state index contributed by atoms with van der Waals surface area (Å²) in [6, 6.07) is 6.19. The molecular formula is C20H31NO2. The minimum absolute atomic E-state index is 0.0485. The minimum Gasteiger partial charge on any atom is -0.483 e. The Morgan fingerprint density at radius 2 is 1.83 bits per heavy atom. The largest absolute Gasteiger partial charge is 0.483 e. The number of nitrogens with one attached hydrogen (secondary N) is 1. The molecule has 128 valence electrons. The van der Waals surface area contributed by atoms with Crippen molar-refractivity contribution in [1.82, 2.24) is 5.32 Å². The van der Waals surface area contributed by atoms with E-state index < -0.39 is 0 Å². The van der Waals surface area contributed by atoms with Crippen LogP contribution in [-0.2, 0) is 17.6 Å². The highest BCUT2D eigenvalue weighted by Gasteiger charge is 2.27. The van der Waals surface area contributed by atoms with Gasteiger partial charge in [-0.2, -0.15) is 0 Å². The second kappa shape index (κ2) is 6.94. The summed E-state index contributed by atoms with van der Waals surface area (Å²) in [7, 11) is 0. The van der Waals surface area contributed by atoms with Crippen LogP contribution in [-0.4, -0.2) is 18.1 Å². The van der Waals surface area contributed by atoms with E-state index >= 15 is 0 Å². The maximum Gasteiger partial charge on any atom is 0.258 e. The molecule has 0 aromatic heterocycles. The summed E-state index contributed by atoms with van der Waals surface area (Å²) in [5.74, 6) is 0.832. The summed E-state index contributed by atoms with van der Waals surface area (Å²) in [5.41, 5.74) is 2.62. The lowest BCUT2D eigenvalue weighted by molar-refractivity contribution is -0.125. The van der Waals surface area contributed by atoms with Crippen LogP contribution in [0.15, 0.2) is 18.2 Å². The molecule has 0 saturated heterocycles. The average Bonchev–Trinajstić information content (AvgIpc) is 2.41. The molecule has 0 atom stereocenters. The molecule has 0 radical (unpaired) electrons. The Hall–Kier alpha value is -1.51. The fraction of sp³-hybridized carbons (Fsp3) is 0.650. The van der Waals surface area contributed by atoms with Crippen molar-refractivity contribution >= 4 is 5.91 Å². The summed E-state index contributed by atoms with van der Waals surface area (Å²) in [6.45, 7) is 10.8. The van der Waals surface area contributed by atoms with E-state index in [1.165, 1.54) is 24.0 Å². The van der Waals surface area contributed by atoms with Gasteiger partial charge in [-0.25, -0.2) is 0 Å². The molecular weight excluding hydrogens is 286 g/mol. The molecule has 1 aromatic rings. The maximum absolute atomic E-state index is 12.2. The van der Waals surface area contributed by atoms with Gasteiger partial charge < -0.3 is 10.1 Å². The van der Waals surface area contributed by atoms with Gasteiger partial charge in [0.05, 0.1) is 0 Å². The number of rotatable bonds is 5. The predicted octanol–water partition coefficient (Wildman–Crippen LogP) is 4.28. The third-order valence-electron chi connectivity index (χ3n) is 4.16. The van der Waals surface area contributed by atoms with Crippen LogP contribution in [0.3, 0.4) is 0 Å². The number of aryl methyl sites for hydroxylation is 1. The quantitative estimate of drug-likeness (QED) is 0.880. The summed E-state index contributed by atoms with van der Waals surface area (Å²) >= 11 is 0. The van der Waals surface area contributed by atoms with Crippen molar-refractivity contribution in [2.45, 2.75) is 72.3 Å². The van der Waals surface area contributed by atoms with Crippen molar-refractivity contribution in [3.8, 4) is 5.75 Å². The van der Waals surface area contributed by atoms with Crippen molar-refractivity contribution < 1.29 is 9.53 Å². The smallest absolute Gasteiger partial charge is 0.258 e. The van der Waals surface area contributed by atoms with Crippen LogP contribution in [0.1, 0.15) is 65.0 Å². The van der Waals surface area contributed by atoms with Crippen molar-refractivity contribution in [2.75, 3.05) is 6.61 Å². The van der Waals surface area contributed by atoms with E-state index in [2.05, 4.69) is 46.0 Å². The van der Waals surface area contributed by atoms with Crippen molar-refractivity contribution in [1.29, 1.82) is 0 Å². The van der Waals surface area contributed by atoms with Gasteiger partial charge in [0.15, 0.2) is 6.61 Å². The summed E-state index contributed by atoms with van der Waals surface area (Å²) in [6.07, 6.45) is 5.56. The second-order valence-corrected chi connectivity index (χ2v) is 8.56. The molecule has 0 spiro atoms. The molecule has 0 aliphatic heterocycles. The van der Waals surface area contributed by atoms with Gasteiger partial charge in [0, 0.05) is 5.54 Å². The Morgan fingerprint density at radius 3 is 2.52 bits per heavy atom. The van der Waals surface area contributed by atoms with Crippen molar-refractivity contribution in [3.05, 3.63) is 29.3 Å². The molecule has 3 heteroatoms. The topological polar surface area (TPSA) is 38.3 Å². The lowest BCUT2D eigenvalue weighted by Gasteiger charge is -2.33. The lowest BCUT2D eigenvalue weighted by Crippen LogP contribution is -2.47. The van der Waals surface area contributed by atoms with Gasteiger partial charge >= 0.3 is 0 Å². The molecule has 0 bridgehead atoms. The van der Waals surface area contributed by atoms with E-state index in [4.69, 9.17) is 4.74 Å². The van der Waals surface area contributed by atoms with Gasteiger partial charge in [-0.3, -0.25) is 4.79 Å². The molecule has 1 amide bonds. The van der Waals surface area contributed by atoms with Crippen LogP contribution in [0.25, 0.3) is 0 Å². The Morgan fingerprint density at radius 1 is 1.13 bits per heavy atom. The first kappa shape index (κ1) is 17.8. The van der Waals surface area contributed by atoms with E-state index in [1.54, 1.807) is 0 Å². The van der Waals surface area contributed by atoms with Crippen LogP contribution in [0, 0.1) is 5.41 Å². The molecule has 1 aliphatic rings. The first-order valence-electron chi connectivity index (χ1n) is 8.71. The minimum atomic E-state index is -0.227. The predicted molar refractivity (Wildman–Crippen MR) is 94.9 cm³/mol. The number of fused-ring (bicyclic) bond motifs is 1. The van der Waals surface area contributed by atoms with E-state index in [0.717, 1.165) is 25.0 Å². The highest BCUT2D eigenvalue weighted by atomic mass is 16.5. The zero-order valence-electron chi connectivity index (χ0n) is 15.3.